The summed E-state index contributed by atoms with van der Waals surface area (Å²) in [5, 5.41) is 0.492. The van der Waals surface area contributed by atoms with Crippen LogP contribution in [0.1, 0.15) is 43.7 Å². The van der Waals surface area contributed by atoms with Crippen LogP contribution in [0.4, 0.5) is 13.2 Å². The molecule has 0 aliphatic heterocycles. The Bertz CT molecular complexity index is 957. The zero-order valence-electron chi connectivity index (χ0n) is 17.4. The van der Waals surface area contributed by atoms with E-state index in [4.69, 9.17) is 27.1 Å². The lowest BCUT2D eigenvalue weighted by Crippen LogP contribution is -2.44. The number of aryl methyl sites for hydroxylation is 1. The van der Waals surface area contributed by atoms with Gasteiger partial charge in [-0.15, -0.1) is 0 Å². The second-order valence-corrected chi connectivity index (χ2v) is 10.4. The monoisotopic (exact) mass is 511 g/mol. The molecule has 0 spiro atoms. The molecule has 0 fully saturated rings. The molecule has 0 radical (unpaired) electrons. The fourth-order valence-corrected chi connectivity index (χ4v) is 4.96. The molecule has 0 aromatic heterocycles. The normalized spacial score (nSPS) is 14.4. The molecule has 1 unspecified atom stereocenters. The first-order chi connectivity index (χ1) is 14.8. The van der Waals surface area contributed by atoms with Crippen LogP contribution in [-0.2, 0) is 21.7 Å². The number of phosphoric acid groups is 1. The van der Waals surface area contributed by atoms with E-state index >= 15 is 0 Å². The fourth-order valence-electron chi connectivity index (χ4n) is 3.28. The number of alkyl halides is 3. The van der Waals surface area contributed by atoms with Gasteiger partial charge < -0.3 is 15.5 Å². The van der Waals surface area contributed by atoms with E-state index in [1.165, 1.54) is 17.8 Å². The first-order valence-corrected chi connectivity index (χ1v) is 12.7. The summed E-state index contributed by atoms with van der Waals surface area (Å²) in [6, 6.07) is 10.4. The molecule has 0 saturated carbocycles. The lowest BCUT2D eigenvalue weighted by atomic mass is 9.89. The highest BCUT2D eigenvalue weighted by molar-refractivity contribution is 7.99. The maximum Gasteiger partial charge on any atom is 0.469 e. The number of phosphoric ester groups is 1. The lowest BCUT2D eigenvalue weighted by Gasteiger charge is -2.29. The Morgan fingerprint density at radius 2 is 1.81 bits per heavy atom. The Labute approximate surface area is 194 Å². The third-order valence-corrected chi connectivity index (χ3v) is 6.61. The van der Waals surface area contributed by atoms with Crippen LogP contribution in [0.15, 0.2) is 52.3 Å². The Morgan fingerprint density at radius 1 is 1.12 bits per heavy atom. The number of halogens is 4. The molecule has 11 heteroatoms. The van der Waals surface area contributed by atoms with Gasteiger partial charge in [0.2, 0.25) is 0 Å². The van der Waals surface area contributed by atoms with Crippen LogP contribution in [0.25, 0.3) is 0 Å². The lowest BCUT2D eigenvalue weighted by molar-refractivity contribution is -0.137. The van der Waals surface area contributed by atoms with E-state index in [1.54, 1.807) is 18.2 Å². The molecule has 1 atom stereocenters. The standard InChI is InChI=1S/C21H26ClF3NO4PS/c1-2-10-20(26,14-30-31(27,28)29)11-4-5-15-8-9-18(13-19(15)22)32-17-7-3-6-16(12-17)21(23,24)25/h3,6-9,12-13H,2,4-5,10-11,14,26H2,1H3,(H2,27,28,29). The van der Waals surface area contributed by atoms with Gasteiger partial charge in [0.05, 0.1) is 12.2 Å². The molecule has 0 aliphatic rings. The van der Waals surface area contributed by atoms with Crippen LogP contribution in [-0.4, -0.2) is 21.9 Å². The molecule has 0 bridgehead atoms. The van der Waals surface area contributed by atoms with Gasteiger partial charge in [0.15, 0.2) is 0 Å². The molecular formula is C21H26ClF3NO4PS. The molecule has 0 saturated heterocycles. The third kappa shape index (κ3) is 9.06. The van der Waals surface area contributed by atoms with Crippen molar-refractivity contribution in [2.75, 3.05) is 6.61 Å². The molecule has 178 valence electrons. The van der Waals surface area contributed by atoms with Crippen LogP contribution >= 0.6 is 31.2 Å². The van der Waals surface area contributed by atoms with E-state index in [-0.39, 0.29) is 6.61 Å². The van der Waals surface area contributed by atoms with Crippen molar-refractivity contribution in [1.29, 1.82) is 0 Å². The van der Waals surface area contributed by atoms with Crippen molar-refractivity contribution < 1.29 is 32.0 Å². The molecule has 2 aromatic rings. The second kappa shape index (κ2) is 11.4. The highest BCUT2D eigenvalue weighted by Gasteiger charge is 2.30. The molecule has 2 rings (SSSR count). The summed E-state index contributed by atoms with van der Waals surface area (Å²) in [4.78, 5) is 19.0. The van der Waals surface area contributed by atoms with Crippen molar-refractivity contribution in [1.82, 2.24) is 0 Å². The summed E-state index contributed by atoms with van der Waals surface area (Å²) < 4.78 is 54.3. The minimum atomic E-state index is -4.60. The molecule has 5 nitrogen and oxygen atoms in total. The van der Waals surface area contributed by atoms with E-state index in [1.807, 2.05) is 13.0 Å². The number of benzene rings is 2. The first-order valence-electron chi connectivity index (χ1n) is 9.94. The van der Waals surface area contributed by atoms with Crippen molar-refractivity contribution in [3.05, 3.63) is 58.6 Å². The topological polar surface area (TPSA) is 92.8 Å². The van der Waals surface area contributed by atoms with Crippen LogP contribution in [0, 0.1) is 0 Å². The van der Waals surface area contributed by atoms with E-state index < -0.39 is 25.1 Å². The predicted octanol–water partition coefficient (Wildman–Crippen LogP) is 6.44. The number of nitrogens with two attached hydrogens (primary N) is 1. The van der Waals surface area contributed by atoms with Gasteiger partial charge in [0.1, 0.15) is 0 Å². The van der Waals surface area contributed by atoms with Crippen molar-refractivity contribution in [3.63, 3.8) is 0 Å². The number of hydrogen-bond donors (Lipinski definition) is 3. The van der Waals surface area contributed by atoms with Crippen molar-refractivity contribution in [3.8, 4) is 0 Å². The summed E-state index contributed by atoms with van der Waals surface area (Å²) >= 11 is 7.57. The van der Waals surface area contributed by atoms with Gasteiger partial charge in [-0.2, -0.15) is 13.2 Å². The Morgan fingerprint density at radius 3 is 2.41 bits per heavy atom. The van der Waals surface area contributed by atoms with E-state index in [0.717, 1.165) is 24.1 Å². The van der Waals surface area contributed by atoms with Gasteiger partial charge in [0, 0.05) is 20.4 Å². The quantitative estimate of drug-likeness (QED) is 0.301. The predicted molar refractivity (Wildman–Crippen MR) is 120 cm³/mol. The minimum Gasteiger partial charge on any atom is -0.323 e. The van der Waals surface area contributed by atoms with Crippen LogP contribution in [0.5, 0.6) is 0 Å². The first kappa shape index (κ1) is 27.2. The minimum absolute atomic E-state index is 0.245. The van der Waals surface area contributed by atoms with Crippen molar-refractivity contribution in [2.45, 2.75) is 60.5 Å². The highest BCUT2D eigenvalue weighted by atomic mass is 35.5. The highest BCUT2D eigenvalue weighted by Crippen LogP contribution is 2.38. The Hall–Kier alpha value is -1.06. The summed E-state index contributed by atoms with van der Waals surface area (Å²) in [6.45, 7) is 1.68. The van der Waals surface area contributed by atoms with Gasteiger partial charge >= 0.3 is 14.0 Å². The molecule has 4 N–H and O–H groups in total. The molecular weight excluding hydrogens is 486 g/mol. The van der Waals surface area contributed by atoms with Crippen LogP contribution in [0.2, 0.25) is 5.02 Å². The largest absolute Gasteiger partial charge is 0.469 e. The average Bonchev–Trinajstić information content (AvgIpc) is 2.68. The molecule has 0 amide bonds. The maximum absolute atomic E-state index is 12.9. The average molecular weight is 512 g/mol. The van der Waals surface area contributed by atoms with Gasteiger partial charge in [-0.1, -0.05) is 48.8 Å². The van der Waals surface area contributed by atoms with E-state index in [0.29, 0.717) is 40.5 Å². The fraction of sp³-hybridized carbons (Fsp3) is 0.429. The summed E-state index contributed by atoms with van der Waals surface area (Å²) in [6.07, 6.45) is -1.41. The number of hydrogen-bond acceptors (Lipinski definition) is 4. The van der Waals surface area contributed by atoms with Crippen LogP contribution < -0.4 is 5.73 Å². The van der Waals surface area contributed by atoms with Crippen LogP contribution in [0.3, 0.4) is 0 Å². The van der Waals surface area contributed by atoms with Gasteiger partial charge in [-0.25, -0.2) is 4.57 Å². The Balaban J connectivity index is 1.99. The smallest absolute Gasteiger partial charge is 0.323 e. The van der Waals surface area contributed by atoms with Crippen molar-refractivity contribution >= 4 is 31.2 Å². The maximum atomic E-state index is 12.9. The molecule has 2 aromatic carbocycles. The van der Waals surface area contributed by atoms with Crippen molar-refractivity contribution in [2.24, 2.45) is 5.73 Å². The summed E-state index contributed by atoms with van der Waals surface area (Å²) in [5.41, 5.74) is 5.58. The molecule has 32 heavy (non-hydrogen) atoms. The molecule has 0 aliphatic carbocycles. The SMILES string of the molecule is CCCC(N)(CCCc1ccc(Sc2cccc(C(F)(F)F)c2)cc1Cl)COP(=O)(O)O. The van der Waals surface area contributed by atoms with Gasteiger partial charge in [-0.05, 0) is 61.6 Å². The van der Waals surface area contributed by atoms with E-state index in [2.05, 4.69) is 4.52 Å². The Kier molecular flexibility index (Phi) is 9.67. The van der Waals surface area contributed by atoms with E-state index in [9.17, 15) is 17.7 Å². The zero-order chi connectivity index (χ0) is 24.0. The molecule has 0 heterocycles. The zero-order valence-corrected chi connectivity index (χ0v) is 19.9. The number of rotatable bonds is 11. The second-order valence-electron chi connectivity index (χ2n) is 7.61. The van der Waals surface area contributed by atoms with Gasteiger partial charge in [0.25, 0.3) is 0 Å². The summed E-state index contributed by atoms with van der Waals surface area (Å²) in [5.74, 6) is 0. The summed E-state index contributed by atoms with van der Waals surface area (Å²) in [7, 11) is -4.60. The third-order valence-electron chi connectivity index (χ3n) is 4.81. The van der Waals surface area contributed by atoms with Gasteiger partial charge in [-0.3, -0.25) is 4.52 Å².